The molecule has 0 spiro atoms. The van der Waals surface area contributed by atoms with Crippen LogP contribution in [-0.4, -0.2) is 35.1 Å². The quantitative estimate of drug-likeness (QED) is 0.886. The first-order valence-electron chi connectivity index (χ1n) is 8.55. The highest BCUT2D eigenvalue weighted by molar-refractivity contribution is 5.92. The third-order valence-corrected chi connectivity index (χ3v) is 4.48. The van der Waals surface area contributed by atoms with Gasteiger partial charge < -0.3 is 14.6 Å². The second kappa shape index (κ2) is 7.53. The Balaban J connectivity index is 1.59. The number of carbonyl (C=O) groups is 1. The molecule has 0 saturated carbocycles. The van der Waals surface area contributed by atoms with Crippen molar-refractivity contribution in [2.75, 3.05) is 25.0 Å². The molecule has 5 heteroatoms. The van der Waals surface area contributed by atoms with Crippen LogP contribution in [0.3, 0.4) is 0 Å². The summed E-state index contributed by atoms with van der Waals surface area (Å²) in [6.07, 6.45) is 4.30. The van der Waals surface area contributed by atoms with Crippen LogP contribution in [0.2, 0.25) is 0 Å². The van der Waals surface area contributed by atoms with E-state index in [1.54, 1.807) is 0 Å². The summed E-state index contributed by atoms with van der Waals surface area (Å²) < 4.78 is 7.56. The van der Waals surface area contributed by atoms with Crippen molar-refractivity contribution >= 4 is 11.6 Å². The lowest BCUT2D eigenvalue weighted by atomic mass is 10.1. The normalized spacial score (nSPS) is 17.8. The lowest BCUT2D eigenvalue weighted by Gasteiger charge is -2.24. The molecule has 0 bridgehead atoms. The maximum atomic E-state index is 12.4. The van der Waals surface area contributed by atoms with Gasteiger partial charge in [0.25, 0.3) is 0 Å². The number of amides is 1. The number of carbonyl (C=O) groups excluding carboxylic acids is 1. The van der Waals surface area contributed by atoms with Crippen molar-refractivity contribution in [3.05, 3.63) is 48.3 Å². The van der Waals surface area contributed by atoms with Gasteiger partial charge in [-0.25, -0.2) is 0 Å². The van der Waals surface area contributed by atoms with E-state index in [9.17, 15) is 4.79 Å². The summed E-state index contributed by atoms with van der Waals surface area (Å²) in [6.45, 7) is 3.98. The van der Waals surface area contributed by atoms with Gasteiger partial charge in [-0.05, 0) is 62.7 Å². The SMILES string of the molecule is CCOc1ccc(NC(=O)CN2CCC[C@H]2c2cccn2C)cc1. The van der Waals surface area contributed by atoms with Crippen molar-refractivity contribution in [1.82, 2.24) is 9.47 Å². The smallest absolute Gasteiger partial charge is 0.238 e. The summed E-state index contributed by atoms with van der Waals surface area (Å²) in [4.78, 5) is 14.7. The Morgan fingerprint density at radius 2 is 2.08 bits per heavy atom. The molecule has 24 heavy (non-hydrogen) atoms. The number of likely N-dealkylation sites (tertiary alicyclic amines) is 1. The number of nitrogens with zero attached hydrogens (tertiary/aromatic N) is 2. The monoisotopic (exact) mass is 327 g/mol. The first kappa shape index (κ1) is 16.6. The van der Waals surface area contributed by atoms with E-state index in [0.717, 1.165) is 30.8 Å². The van der Waals surface area contributed by atoms with Crippen LogP contribution in [0.5, 0.6) is 5.75 Å². The number of nitrogens with one attached hydrogen (secondary N) is 1. The first-order valence-corrected chi connectivity index (χ1v) is 8.55. The Morgan fingerprint density at radius 3 is 2.75 bits per heavy atom. The molecule has 1 aromatic carbocycles. The molecule has 1 atom stereocenters. The van der Waals surface area contributed by atoms with Crippen molar-refractivity contribution in [3.8, 4) is 5.75 Å². The van der Waals surface area contributed by atoms with Gasteiger partial charge in [-0.1, -0.05) is 0 Å². The van der Waals surface area contributed by atoms with Gasteiger partial charge in [-0.2, -0.15) is 0 Å². The molecule has 1 aliphatic rings. The predicted molar refractivity (Wildman–Crippen MR) is 95.2 cm³/mol. The number of aryl methyl sites for hydroxylation is 1. The van der Waals surface area contributed by atoms with Crippen molar-refractivity contribution < 1.29 is 9.53 Å². The minimum Gasteiger partial charge on any atom is -0.494 e. The molecule has 1 aliphatic heterocycles. The molecule has 3 rings (SSSR count). The van der Waals surface area contributed by atoms with Crippen LogP contribution in [0, 0.1) is 0 Å². The van der Waals surface area contributed by atoms with Gasteiger partial charge in [0, 0.05) is 24.6 Å². The number of aromatic nitrogens is 1. The van der Waals surface area contributed by atoms with E-state index in [4.69, 9.17) is 4.74 Å². The Bertz CT molecular complexity index is 678. The molecule has 1 fully saturated rings. The van der Waals surface area contributed by atoms with Crippen LogP contribution in [0.1, 0.15) is 31.5 Å². The fourth-order valence-electron chi connectivity index (χ4n) is 3.36. The molecule has 1 saturated heterocycles. The fourth-order valence-corrected chi connectivity index (χ4v) is 3.36. The van der Waals surface area contributed by atoms with Gasteiger partial charge in [0.05, 0.1) is 19.2 Å². The third-order valence-electron chi connectivity index (χ3n) is 4.48. The maximum absolute atomic E-state index is 12.4. The highest BCUT2D eigenvalue weighted by Gasteiger charge is 2.28. The zero-order chi connectivity index (χ0) is 16.9. The molecule has 1 amide bonds. The second-order valence-corrected chi connectivity index (χ2v) is 6.18. The summed E-state index contributed by atoms with van der Waals surface area (Å²) in [7, 11) is 2.06. The van der Waals surface area contributed by atoms with Gasteiger partial charge in [0.1, 0.15) is 5.75 Å². The third kappa shape index (κ3) is 3.79. The molecule has 5 nitrogen and oxygen atoms in total. The first-order chi connectivity index (χ1) is 11.7. The van der Waals surface area contributed by atoms with Crippen molar-refractivity contribution in [2.45, 2.75) is 25.8 Å². The van der Waals surface area contributed by atoms with E-state index >= 15 is 0 Å². The van der Waals surface area contributed by atoms with Crippen LogP contribution >= 0.6 is 0 Å². The summed E-state index contributed by atoms with van der Waals surface area (Å²) in [5, 5.41) is 2.98. The van der Waals surface area contributed by atoms with Gasteiger partial charge in [0.15, 0.2) is 0 Å². The molecular formula is C19H25N3O2. The van der Waals surface area contributed by atoms with Crippen molar-refractivity contribution in [3.63, 3.8) is 0 Å². The molecule has 2 aromatic rings. The van der Waals surface area contributed by atoms with Crippen LogP contribution in [0.15, 0.2) is 42.6 Å². The van der Waals surface area contributed by atoms with Crippen LogP contribution in [0.4, 0.5) is 5.69 Å². The zero-order valence-corrected chi connectivity index (χ0v) is 14.4. The minimum absolute atomic E-state index is 0.0280. The fraction of sp³-hybridized carbons (Fsp3) is 0.421. The summed E-state index contributed by atoms with van der Waals surface area (Å²) in [6, 6.07) is 12.0. The highest BCUT2D eigenvalue weighted by Crippen LogP contribution is 2.31. The van der Waals surface area contributed by atoms with E-state index in [2.05, 4.69) is 40.2 Å². The summed E-state index contributed by atoms with van der Waals surface area (Å²) in [5.74, 6) is 0.846. The van der Waals surface area contributed by atoms with Crippen molar-refractivity contribution in [2.24, 2.45) is 7.05 Å². The zero-order valence-electron chi connectivity index (χ0n) is 14.4. The minimum atomic E-state index is 0.0280. The molecule has 1 aromatic heterocycles. The van der Waals surface area contributed by atoms with Gasteiger partial charge in [-0.3, -0.25) is 9.69 Å². The van der Waals surface area contributed by atoms with E-state index < -0.39 is 0 Å². The molecule has 1 N–H and O–H groups in total. The van der Waals surface area contributed by atoms with Crippen LogP contribution in [-0.2, 0) is 11.8 Å². The number of ether oxygens (including phenoxy) is 1. The molecule has 128 valence electrons. The largest absolute Gasteiger partial charge is 0.494 e. The highest BCUT2D eigenvalue weighted by atomic mass is 16.5. The van der Waals surface area contributed by atoms with E-state index in [-0.39, 0.29) is 5.91 Å². The molecular weight excluding hydrogens is 302 g/mol. The second-order valence-electron chi connectivity index (χ2n) is 6.18. The van der Waals surface area contributed by atoms with Crippen molar-refractivity contribution in [1.29, 1.82) is 0 Å². The van der Waals surface area contributed by atoms with Gasteiger partial charge >= 0.3 is 0 Å². The van der Waals surface area contributed by atoms with Crippen LogP contribution < -0.4 is 10.1 Å². The summed E-state index contributed by atoms with van der Waals surface area (Å²) >= 11 is 0. The van der Waals surface area contributed by atoms with E-state index in [1.165, 1.54) is 5.69 Å². The lowest BCUT2D eigenvalue weighted by molar-refractivity contribution is -0.117. The number of benzene rings is 1. The van der Waals surface area contributed by atoms with E-state index in [0.29, 0.717) is 19.2 Å². The Kier molecular flexibility index (Phi) is 5.20. The van der Waals surface area contributed by atoms with Gasteiger partial charge in [0.2, 0.25) is 5.91 Å². The number of rotatable bonds is 6. The Morgan fingerprint density at radius 1 is 1.29 bits per heavy atom. The standard InChI is InChI=1S/C19H25N3O2/c1-3-24-16-10-8-15(9-11-16)20-19(23)14-22-13-5-7-18(22)17-6-4-12-21(17)2/h4,6,8-12,18H,3,5,7,13-14H2,1-2H3,(H,20,23)/t18-/m0/s1. The summed E-state index contributed by atoms with van der Waals surface area (Å²) in [5.41, 5.74) is 2.08. The van der Waals surface area contributed by atoms with E-state index in [1.807, 2.05) is 31.2 Å². The molecule has 0 aliphatic carbocycles. The van der Waals surface area contributed by atoms with Gasteiger partial charge in [-0.15, -0.1) is 0 Å². The average Bonchev–Trinajstić information content (AvgIpc) is 3.18. The molecule has 2 heterocycles. The number of hydrogen-bond donors (Lipinski definition) is 1. The number of hydrogen-bond acceptors (Lipinski definition) is 3. The number of anilines is 1. The molecule has 0 radical (unpaired) electrons. The topological polar surface area (TPSA) is 46.5 Å². The molecule has 0 unspecified atom stereocenters. The lowest BCUT2D eigenvalue weighted by Crippen LogP contribution is -2.33. The maximum Gasteiger partial charge on any atom is 0.238 e. The average molecular weight is 327 g/mol. The predicted octanol–water partition coefficient (Wildman–Crippen LogP) is 3.20. The Labute approximate surface area is 143 Å². The Hall–Kier alpha value is -2.27. The van der Waals surface area contributed by atoms with Crippen LogP contribution in [0.25, 0.3) is 0 Å².